The number of halogens is 2. The van der Waals surface area contributed by atoms with Crippen molar-refractivity contribution in [1.82, 2.24) is 10.2 Å². The van der Waals surface area contributed by atoms with E-state index in [1.54, 1.807) is 35.2 Å². The Morgan fingerprint density at radius 2 is 1.89 bits per heavy atom. The lowest BCUT2D eigenvalue weighted by Gasteiger charge is -2.41. The zero-order valence-corrected chi connectivity index (χ0v) is 20.4. The first kappa shape index (κ1) is 24.1. The number of hydrogen-bond acceptors (Lipinski definition) is 5. The number of carbonyl (C=O) groups excluding carboxylic acids is 2. The number of benzene rings is 2. The second-order valence-corrected chi connectivity index (χ2v) is 9.98. The van der Waals surface area contributed by atoms with Crippen LogP contribution in [0.1, 0.15) is 29.9 Å². The number of nitrogens with zero attached hydrogens (tertiary/aromatic N) is 1. The Balaban J connectivity index is 1.55. The van der Waals surface area contributed by atoms with Crippen molar-refractivity contribution in [2.75, 3.05) is 13.2 Å². The highest BCUT2D eigenvalue weighted by Gasteiger charge is 2.51. The van der Waals surface area contributed by atoms with Crippen molar-refractivity contribution in [2.45, 2.75) is 43.6 Å². The van der Waals surface area contributed by atoms with E-state index in [-0.39, 0.29) is 37.4 Å². The van der Waals surface area contributed by atoms with Gasteiger partial charge in [0, 0.05) is 30.1 Å². The van der Waals surface area contributed by atoms with Gasteiger partial charge in [-0.25, -0.2) is 0 Å². The number of hydrogen-bond donors (Lipinski definition) is 3. The van der Waals surface area contributed by atoms with Crippen LogP contribution in [0.3, 0.4) is 0 Å². The normalized spacial score (nSPS) is 24.6. The van der Waals surface area contributed by atoms with Gasteiger partial charge in [-0.2, -0.15) is 0 Å². The van der Waals surface area contributed by atoms with Gasteiger partial charge in [-0.05, 0) is 42.7 Å². The van der Waals surface area contributed by atoms with E-state index in [9.17, 15) is 19.8 Å². The van der Waals surface area contributed by atoms with Gasteiger partial charge >= 0.3 is 0 Å². The SMILES string of the molecule is O=C(NCCO)C1=CC(N(Cc2ccc(Cl)c(Cl)c2)C(=O)C2CC2)C(O)C2Oc3ccccc3C12. The summed E-state index contributed by atoms with van der Waals surface area (Å²) in [7, 11) is 0. The molecule has 1 saturated carbocycles. The van der Waals surface area contributed by atoms with Crippen molar-refractivity contribution in [3.05, 3.63) is 75.3 Å². The number of amides is 2. The monoisotopic (exact) mass is 516 g/mol. The van der Waals surface area contributed by atoms with Crippen LogP contribution in [0.4, 0.5) is 0 Å². The quantitative estimate of drug-likeness (QED) is 0.525. The van der Waals surface area contributed by atoms with Crippen LogP contribution in [-0.4, -0.2) is 58.3 Å². The van der Waals surface area contributed by atoms with Crippen LogP contribution in [0.15, 0.2) is 54.1 Å². The summed E-state index contributed by atoms with van der Waals surface area (Å²) < 4.78 is 6.13. The number of ether oxygens (including phenoxy) is 1. The Morgan fingerprint density at radius 1 is 1.11 bits per heavy atom. The minimum absolute atomic E-state index is 0.0829. The molecule has 1 fully saturated rings. The second kappa shape index (κ2) is 9.82. The van der Waals surface area contributed by atoms with Crippen molar-refractivity contribution in [3.8, 4) is 5.75 Å². The molecule has 184 valence electrons. The van der Waals surface area contributed by atoms with Gasteiger partial charge in [-0.3, -0.25) is 9.59 Å². The summed E-state index contributed by atoms with van der Waals surface area (Å²) in [6.45, 7) is 0.0907. The molecule has 1 aliphatic heterocycles. The van der Waals surface area contributed by atoms with Gasteiger partial charge in [-0.1, -0.05) is 47.5 Å². The number of rotatable bonds is 7. The van der Waals surface area contributed by atoms with Crippen LogP contribution in [0.2, 0.25) is 10.0 Å². The van der Waals surface area contributed by atoms with Crippen LogP contribution in [-0.2, 0) is 16.1 Å². The molecule has 9 heteroatoms. The van der Waals surface area contributed by atoms with E-state index in [1.807, 2.05) is 18.2 Å². The van der Waals surface area contributed by atoms with Crippen LogP contribution >= 0.6 is 23.2 Å². The lowest BCUT2D eigenvalue weighted by molar-refractivity contribution is -0.139. The standard InChI is InChI=1S/C26H26Cl2N2O5/c27-18-8-5-14(11-19(18)28)13-30(26(34)15-6-7-15)20-12-17(25(33)29-9-10-31)22-16-3-1-2-4-21(16)35-24(22)23(20)32/h1-5,8,11-12,15,20,22-24,31-32H,6-7,9-10,13H2,(H,29,33). The highest BCUT2D eigenvalue weighted by molar-refractivity contribution is 6.42. The average Bonchev–Trinajstić information content (AvgIpc) is 3.63. The van der Waals surface area contributed by atoms with Gasteiger partial charge in [0.1, 0.15) is 18.0 Å². The van der Waals surface area contributed by atoms with Gasteiger partial charge in [-0.15, -0.1) is 0 Å². The first-order chi connectivity index (χ1) is 16.9. The highest BCUT2D eigenvalue weighted by atomic mass is 35.5. The molecule has 3 N–H and O–H groups in total. The van der Waals surface area contributed by atoms with Crippen LogP contribution in [0.25, 0.3) is 0 Å². The summed E-state index contributed by atoms with van der Waals surface area (Å²) in [5.41, 5.74) is 1.98. The lowest BCUT2D eigenvalue weighted by atomic mass is 9.77. The molecule has 0 bridgehead atoms. The Morgan fingerprint density at radius 3 is 2.60 bits per heavy atom. The summed E-state index contributed by atoms with van der Waals surface area (Å²) >= 11 is 12.3. The molecule has 1 heterocycles. The van der Waals surface area contributed by atoms with Crippen LogP contribution < -0.4 is 10.1 Å². The number of fused-ring (bicyclic) bond motifs is 3. The fourth-order valence-electron chi connectivity index (χ4n) is 4.92. The molecule has 2 amide bonds. The Bertz CT molecular complexity index is 1180. The molecule has 0 saturated heterocycles. The molecule has 4 atom stereocenters. The van der Waals surface area contributed by atoms with Gasteiger partial charge in [0.15, 0.2) is 0 Å². The molecular weight excluding hydrogens is 491 g/mol. The van der Waals surface area contributed by atoms with Gasteiger partial charge in [0.25, 0.3) is 0 Å². The molecule has 4 unspecified atom stereocenters. The molecule has 2 aromatic rings. The summed E-state index contributed by atoms with van der Waals surface area (Å²) in [6, 6.07) is 11.8. The van der Waals surface area contributed by atoms with Crippen molar-refractivity contribution < 1.29 is 24.5 Å². The number of aliphatic hydroxyl groups excluding tert-OH is 2. The van der Waals surface area contributed by atoms with Gasteiger partial charge in [0.05, 0.1) is 28.6 Å². The first-order valence-electron chi connectivity index (χ1n) is 11.7. The van der Waals surface area contributed by atoms with E-state index >= 15 is 0 Å². The fraction of sp³-hybridized carbons (Fsp3) is 0.385. The molecule has 35 heavy (non-hydrogen) atoms. The van der Waals surface area contributed by atoms with E-state index in [2.05, 4.69) is 5.32 Å². The fourth-order valence-corrected chi connectivity index (χ4v) is 5.24. The smallest absolute Gasteiger partial charge is 0.247 e. The number of aliphatic hydroxyl groups is 2. The van der Waals surface area contributed by atoms with Crippen LogP contribution in [0, 0.1) is 5.92 Å². The minimum Gasteiger partial charge on any atom is -0.486 e. The third-order valence-corrected chi connectivity index (χ3v) is 7.52. The number of carbonyl (C=O) groups is 2. The summed E-state index contributed by atoms with van der Waals surface area (Å²) in [5, 5.41) is 24.2. The maximum Gasteiger partial charge on any atom is 0.247 e. The predicted octanol–water partition coefficient (Wildman–Crippen LogP) is 3.05. The maximum absolute atomic E-state index is 13.4. The molecule has 7 nitrogen and oxygen atoms in total. The molecule has 0 radical (unpaired) electrons. The molecule has 0 spiro atoms. The van der Waals surface area contributed by atoms with Crippen molar-refractivity contribution >= 4 is 35.0 Å². The van der Waals surface area contributed by atoms with E-state index in [4.69, 9.17) is 27.9 Å². The third kappa shape index (κ3) is 4.66. The van der Waals surface area contributed by atoms with Crippen molar-refractivity contribution in [1.29, 1.82) is 0 Å². The summed E-state index contributed by atoms with van der Waals surface area (Å²) in [6.07, 6.45) is 1.47. The minimum atomic E-state index is -1.06. The molecule has 2 aliphatic carbocycles. The van der Waals surface area contributed by atoms with Crippen molar-refractivity contribution in [2.24, 2.45) is 5.92 Å². The molecule has 2 aromatic carbocycles. The third-order valence-electron chi connectivity index (χ3n) is 6.78. The molecule has 5 rings (SSSR count). The average molecular weight is 517 g/mol. The van der Waals surface area contributed by atoms with Gasteiger partial charge in [0.2, 0.25) is 11.8 Å². The number of para-hydroxylation sites is 1. The van der Waals surface area contributed by atoms with E-state index < -0.39 is 24.2 Å². The van der Waals surface area contributed by atoms with E-state index in [0.717, 1.165) is 24.0 Å². The van der Waals surface area contributed by atoms with E-state index in [1.165, 1.54) is 0 Å². The lowest BCUT2D eigenvalue weighted by Crippen LogP contribution is -2.55. The second-order valence-electron chi connectivity index (χ2n) is 9.17. The Kier molecular flexibility index (Phi) is 6.77. The first-order valence-corrected chi connectivity index (χ1v) is 12.4. The topological polar surface area (TPSA) is 99.1 Å². The zero-order chi connectivity index (χ0) is 24.7. The van der Waals surface area contributed by atoms with Gasteiger partial charge < -0.3 is 25.2 Å². The molecule has 3 aliphatic rings. The Labute approximate surface area is 213 Å². The Hall–Kier alpha value is -2.58. The maximum atomic E-state index is 13.4. The molecular formula is C26H26Cl2N2O5. The van der Waals surface area contributed by atoms with Crippen molar-refractivity contribution in [3.63, 3.8) is 0 Å². The highest BCUT2D eigenvalue weighted by Crippen LogP contribution is 2.47. The summed E-state index contributed by atoms with van der Waals surface area (Å²) in [5.74, 6) is -0.434. The zero-order valence-electron chi connectivity index (χ0n) is 18.9. The van der Waals surface area contributed by atoms with E-state index in [0.29, 0.717) is 21.4 Å². The largest absolute Gasteiger partial charge is 0.486 e. The number of nitrogens with one attached hydrogen (secondary N) is 1. The predicted molar refractivity (Wildman–Crippen MR) is 131 cm³/mol. The molecule has 0 aromatic heterocycles. The van der Waals surface area contributed by atoms with Crippen LogP contribution in [0.5, 0.6) is 5.75 Å². The summed E-state index contributed by atoms with van der Waals surface area (Å²) in [4.78, 5) is 28.2.